The molecule has 1 aromatic heterocycles. The number of carboxylic acid groups (broad SMARTS) is 1. The zero-order valence-electron chi connectivity index (χ0n) is 23.9. The summed E-state index contributed by atoms with van der Waals surface area (Å²) < 4.78 is 1.47. The molecule has 7 nitrogen and oxygen atoms in total. The highest BCUT2D eigenvalue weighted by atomic mass is 16.4. The Hall–Kier alpha value is -3.71. The van der Waals surface area contributed by atoms with Crippen LogP contribution in [0.15, 0.2) is 65.6 Å². The van der Waals surface area contributed by atoms with Crippen LogP contribution in [0, 0.1) is 19.8 Å². The van der Waals surface area contributed by atoms with Gasteiger partial charge < -0.3 is 19.9 Å². The minimum absolute atomic E-state index is 0.145. The fraction of sp³-hybridized carbons (Fsp3) is 0.406. The van der Waals surface area contributed by atoms with E-state index in [2.05, 4.69) is 10.2 Å². The van der Waals surface area contributed by atoms with E-state index in [0.717, 1.165) is 40.8 Å². The molecule has 2 atom stereocenters. The number of amides is 1. The van der Waals surface area contributed by atoms with Crippen molar-refractivity contribution < 1.29 is 14.7 Å². The zero-order chi connectivity index (χ0) is 28.7. The van der Waals surface area contributed by atoms with Gasteiger partial charge >= 0.3 is 5.97 Å². The SMILES string of the molecule is Cc1cccc(C)c1-c1cccc(C(CC(=O)O)NC(=O)C(CC(C)C)n2ccc(CCN(C)C)cc2=O)c1. The molecule has 0 saturated carbocycles. The average molecular weight is 532 g/mol. The summed E-state index contributed by atoms with van der Waals surface area (Å²) in [5, 5.41) is 12.7. The molecule has 208 valence electrons. The first-order valence-electron chi connectivity index (χ1n) is 13.5. The molecule has 0 spiro atoms. The van der Waals surface area contributed by atoms with Gasteiger partial charge in [0.1, 0.15) is 6.04 Å². The first-order valence-corrected chi connectivity index (χ1v) is 13.5. The van der Waals surface area contributed by atoms with Gasteiger partial charge in [-0.05, 0) is 92.2 Å². The van der Waals surface area contributed by atoms with Crippen molar-refractivity contribution in [3.63, 3.8) is 0 Å². The Balaban J connectivity index is 1.94. The van der Waals surface area contributed by atoms with Crippen molar-refractivity contribution in [2.24, 2.45) is 5.92 Å². The fourth-order valence-corrected chi connectivity index (χ4v) is 4.97. The van der Waals surface area contributed by atoms with Crippen LogP contribution in [0.1, 0.15) is 61.0 Å². The summed E-state index contributed by atoms with van der Waals surface area (Å²) in [6.45, 7) is 8.91. The summed E-state index contributed by atoms with van der Waals surface area (Å²) in [7, 11) is 3.96. The zero-order valence-corrected chi connectivity index (χ0v) is 23.9. The van der Waals surface area contributed by atoms with Gasteiger partial charge in [-0.1, -0.05) is 50.2 Å². The Kier molecular flexibility index (Phi) is 10.2. The van der Waals surface area contributed by atoms with E-state index in [-0.39, 0.29) is 23.8 Å². The number of aromatic nitrogens is 1. The molecule has 0 fully saturated rings. The second-order valence-electron chi connectivity index (χ2n) is 11.0. The maximum atomic E-state index is 13.7. The van der Waals surface area contributed by atoms with Crippen LogP contribution in [0.4, 0.5) is 0 Å². The third kappa shape index (κ3) is 8.14. The van der Waals surface area contributed by atoms with Crippen LogP contribution in [0.25, 0.3) is 11.1 Å². The lowest BCUT2D eigenvalue weighted by Gasteiger charge is -2.25. The molecule has 0 aliphatic heterocycles. The largest absolute Gasteiger partial charge is 0.481 e. The number of nitrogens with zero attached hydrogens (tertiary/aromatic N) is 2. The molecule has 7 heteroatoms. The molecule has 0 aliphatic rings. The predicted molar refractivity (Wildman–Crippen MR) is 156 cm³/mol. The Labute approximate surface area is 231 Å². The maximum Gasteiger partial charge on any atom is 0.305 e. The van der Waals surface area contributed by atoms with Gasteiger partial charge in [0.2, 0.25) is 5.91 Å². The van der Waals surface area contributed by atoms with Crippen molar-refractivity contribution in [2.45, 2.75) is 59.0 Å². The number of benzene rings is 2. The first kappa shape index (κ1) is 29.8. The highest BCUT2D eigenvalue weighted by molar-refractivity contribution is 5.82. The van der Waals surface area contributed by atoms with Gasteiger partial charge in [-0.3, -0.25) is 14.4 Å². The van der Waals surface area contributed by atoms with Crippen LogP contribution < -0.4 is 10.9 Å². The molecule has 0 saturated heterocycles. The van der Waals surface area contributed by atoms with E-state index < -0.39 is 18.1 Å². The number of pyridine rings is 1. The van der Waals surface area contributed by atoms with Crippen LogP contribution in [-0.4, -0.2) is 47.1 Å². The minimum atomic E-state index is -1.01. The first-order chi connectivity index (χ1) is 18.5. The summed E-state index contributed by atoms with van der Waals surface area (Å²) in [5.41, 5.74) is 5.70. The van der Waals surface area contributed by atoms with E-state index in [1.807, 2.05) is 90.3 Å². The van der Waals surface area contributed by atoms with Crippen molar-refractivity contribution >= 4 is 11.9 Å². The summed E-state index contributed by atoms with van der Waals surface area (Å²) in [6.07, 6.45) is 2.61. The highest BCUT2D eigenvalue weighted by Crippen LogP contribution is 2.30. The number of rotatable bonds is 12. The van der Waals surface area contributed by atoms with E-state index in [4.69, 9.17) is 0 Å². The lowest BCUT2D eigenvalue weighted by molar-refractivity contribution is -0.138. The van der Waals surface area contributed by atoms with E-state index in [1.165, 1.54) is 4.57 Å². The Morgan fingerprint density at radius 3 is 2.26 bits per heavy atom. The van der Waals surface area contributed by atoms with Crippen LogP contribution in [0.5, 0.6) is 0 Å². The van der Waals surface area contributed by atoms with Gasteiger partial charge in [0, 0.05) is 18.8 Å². The standard InChI is InChI=1S/C32H41N3O4/c1-21(2)17-28(35-16-14-24(18-29(35)36)13-15-34(5)6)32(39)33-27(20-30(37)38)25-11-8-12-26(19-25)31-22(3)9-7-10-23(31)4/h7-12,14,16,18-19,21,27-28H,13,15,17,20H2,1-6H3,(H,33,39)(H,37,38). The molecular weight excluding hydrogens is 490 g/mol. The maximum absolute atomic E-state index is 13.7. The number of nitrogens with one attached hydrogen (secondary N) is 1. The fourth-order valence-electron chi connectivity index (χ4n) is 4.97. The topological polar surface area (TPSA) is 91.6 Å². The van der Waals surface area contributed by atoms with Crippen LogP contribution in [0.2, 0.25) is 0 Å². The number of hydrogen-bond donors (Lipinski definition) is 2. The molecule has 1 amide bonds. The molecule has 0 aliphatic carbocycles. The Bertz CT molecular complexity index is 1340. The summed E-state index contributed by atoms with van der Waals surface area (Å²) in [5.74, 6) is -1.23. The monoisotopic (exact) mass is 531 g/mol. The predicted octanol–water partition coefficient (Wildman–Crippen LogP) is 5.16. The van der Waals surface area contributed by atoms with Gasteiger partial charge in [-0.2, -0.15) is 0 Å². The smallest absolute Gasteiger partial charge is 0.305 e. The molecule has 3 rings (SSSR count). The van der Waals surface area contributed by atoms with Crippen LogP contribution in [0.3, 0.4) is 0 Å². The summed E-state index contributed by atoms with van der Waals surface area (Å²) in [4.78, 5) is 40.7. The van der Waals surface area contributed by atoms with E-state index >= 15 is 0 Å². The Morgan fingerprint density at radius 2 is 1.67 bits per heavy atom. The van der Waals surface area contributed by atoms with Gasteiger partial charge in [-0.25, -0.2) is 0 Å². The third-order valence-corrected chi connectivity index (χ3v) is 6.95. The average Bonchev–Trinajstić information content (AvgIpc) is 2.85. The number of hydrogen-bond acceptors (Lipinski definition) is 4. The molecule has 0 bridgehead atoms. The minimum Gasteiger partial charge on any atom is -0.481 e. The Morgan fingerprint density at radius 1 is 1.00 bits per heavy atom. The van der Waals surface area contributed by atoms with Crippen molar-refractivity contribution in [2.75, 3.05) is 20.6 Å². The molecule has 0 radical (unpaired) electrons. The number of carboxylic acids is 1. The second kappa shape index (κ2) is 13.4. The summed E-state index contributed by atoms with van der Waals surface area (Å²) >= 11 is 0. The number of aryl methyl sites for hydroxylation is 2. The van der Waals surface area contributed by atoms with Crippen molar-refractivity contribution in [1.82, 2.24) is 14.8 Å². The van der Waals surface area contributed by atoms with Crippen molar-refractivity contribution in [3.05, 3.63) is 93.4 Å². The van der Waals surface area contributed by atoms with Gasteiger partial charge in [0.15, 0.2) is 0 Å². The van der Waals surface area contributed by atoms with E-state index in [9.17, 15) is 19.5 Å². The second-order valence-corrected chi connectivity index (χ2v) is 11.0. The van der Waals surface area contributed by atoms with Gasteiger partial charge in [0.25, 0.3) is 5.56 Å². The number of likely N-dealkylation sites (N-methyl/N-ethyl adjacent to an activating group) is 1. The number of carbonyl (C=O) groups excluding carboxylic acids is 1. The molecule has 1 heterocycles. The molecule has 39 heavy (non-hydrogen) atoms. The lowest BCUT2D eigenvalue weighted by atomic mass is 9.92. The third-order valence-electron chi connectivity index (χ3n) is 6.95. The lowest BCUT2D eigenvalue weighted by Crippen LogP contribution is -2.40. The number of carbonyl (C=O) groups is 2. The molecule has 3 aromatic rings. The molecule has 2 aromatic carbocycles. The van der Waals surface area contributed by atoms with E-state index in [0.29, 0.717) is 12.0 Å². The highest BCUT2D eigenvalue weighted by Gasteiger charge is 2.27. The van der Waals surface area contributed by atoms with Crippen LogP contribution in [-0.2, 0) is 16.0 Å². The molecule has 2 unspecified atom stereocenters. The molecular formula is C32H41N3O4. The van der Waals surface area contributed by atoms with E-state index in [1.54, 1.807) is 12.3 Å². The van der Waals surface area contributed by atoms with Gasteiger partial charge in [0.05, 0.1) is 12.5 Å². The normalized spacial score (nSPS) is 12.9. The van der Waals surface area contributed by atoms with Crippen molar-refractivity contribution in [3.8, 4) is 11.1 Å². The van der Waals surface area contributed by atoms with Crippen molar-refractivity contribution in [1.29, 1.82) is 0 Å². The number of aliphatic carboxylic acids is 1. The summed E-state index contributed by atoms with van der Waals surface area (Å²) in [6, 6.07) is 15.8. The van der Waals surface area contributed by atoms with Crippen LogP contribution >= 0.6 is 0 Å². The molecule has 2 N–H and O–H groups in total. The van der Waals surface area contributed by atoms with Gasteiger partial charge in [-0.15, -0.1) is 0 Å². The quantitative estimate of drug-likeness (QED) is 0.337.